The first-order valence-electron chi connectivity index (χ1n) is 11.5. The van der Waals surface area contributed by atoms with E-state index in [4.69, 9.17) is 0 Å². The molecule has 38 heavy (non-hydrogen) atoms. The van der Waals surface area contributed by atoms with Crippen molar-refractivity contribution in [3.05, 3.63) is 72.3 Å². The summed E-state index contributed by atoms with van der Waals surface area (Å²) in [6, 6.07) is 7.95. The van der Waals surface area contributed by atoms with Crippen LogP contribution < -0.4 is 4.90 Å². The molecule has 1 saturated heterocycles. The number of anilines is 1. The average Bonchev–Trinajstić information content (AvgIpc) is 3.35. The lowest BCUT2D eigenvalue weighted by Gasteiger charge is -2.38. The molecule has 0 unspecified atom stereocenters. The molecule has 13 heteroatoms. The topological polar surface area (TPSA) is 96.4 Å². The van der Waals surface area contributed by atoms with Crippen LogP contribution in [0.4, 0.5) is 27.6 Å². The largest absolute Gasteiger partial charge is 0.451 e. The molecule has 194 valence electrons. The lowest BCUT2D eigenvalue weighted by Crippen LogP contribution is -2.42. The molecule has 4 heterocycles. The Balaban J connectivity index is 1.57. The normalized spacial score (nSPS) is 15.3. The van der Waals surface area contributed by atoms with Gasteiger partial charge in [0.15, 0.2) is 11.5 Å². The van der Waals surface area contributed by atoms with Crippen LogP contribution in [-0.2, 0) is 18.9 Å². The summed E-state index contributed by atoms with van der Waals surface area (Å²) in [6.45, 7) is 0.477. The fraction of sp³-hybridized carbons (Fsp3) is 0.280. The van der Waals surface area contributed by atoms with Gasteiger partial charge >= 0.3 is 6.18 Å². The maximum atomic E-state index is 15.8. The minimum Gasteiger partial charge on any atom is -0.370 e. The van der Waals surface area contributed by atoms with Gasteiger partial charge in [-0.05, 0) is 29.8 Å². The quantitative estimate of drug-likeness (QED) is 0.278. The van der Waals surface area contributed by atoms with Crippen LogP contribution in [0.2, 0.25) is 0 Å². The highest BCUT2D eigenvalue weighted by Crippen LogP contribution is 2.42. The molecule has 0 N–H and O–H groups in total. The van der Waals surface area contributed by atoms with Gasteiger partial charge in [0.05, 0.1) is 11.3 Å². The lowest BCUT2D eigenvalue weighted by molar-refractivity contribution is -0.144. The molecule has 0 radical (unpaired) electrons. The second-order valence-corrected chi connectivity index (χ2v) is 8.91. The number of rotatable bonds is 4. The maximum Gasteiger partial charge on any atom is 0.451 e. The van der Waals surface area contributed by atoms with E-state index in [-0.39, 0.29) is 42.9 Å². The molecule has 0 atom stereocenters. The summed E-state index contributed by atoms with van der Waals surface area (Å²) in [4.78, 5) is 12.4. The van der Waals surface area contributed by atoms with Crippen molar-refractivity contribution in [2.45, 2.75) is 24.7 Å². The molecule has 0 amide bonds. The van der Waals surface area contributed by atoms with E-state index in [1.54, 1.807) is 13.1 Å². The summed E-state index contributed by atoms with van der Waals surface area (Å²) >= 11 is 0. The number of pyridine rings is 1. The number of hydrogen-bond acceptors (Lipinski definition) is 7. The minimum absolute atomic E-state index is 0.0833. The van der Waals surface area contributed by atoms with E-state index in [2.05, 4.69) is 31.2 Å². The van der Waals surface area contributed by atoms with Crippen molar-refractivity contribution in [3.8, 4) is 28.3 Å². The van der Waals surface area contributed by atoms with E-state index in [1.165, 1.54) is 29.2 Å². The monoisotopic (exact) mass is 526 g/mol. The molecule has 3 aromatic heterocycles. The predicted molar refractivity (Wildman–Crippen MR) is 126 cm³/mol. The van der Waals surface area contributed by atoms with Gasteiger partial charge in [-0.3, -0.25) is 0 Å². The van der Waals surface area contributed by atoms with Crippen LogP contribution in [0.3, 0.4) is 0 Å². The van der Waals surface area contributed by atoms with Gasteiger partial charge in [0, 0.05) is 68.3 Å². The molecule has 0 aliphatic carbocycles. The van der Waals surface area contributed by atoms with E-state index >= 15 is 4.39 Å². The van der Waals surface area contributed by atoms with E-state index in [1.807, 2.05) is 4.90 Å². The Morgan fingerprint density at radius 1 is 0.974 bits per heavy atom. The van der Waals surface area contributed by atoms with Crippen molar-refractivity contribution in [3.63, 3.8) is 0 Å². The summed E-state index contributed by atoms with van der Waals surface area (Å²) in [6.07, 6.45) is 0.247. The smallest absolute Gasteiger partial charge is 0.370 e. The van der Waals surface area contributed by atoms with Crippen LogP contribution in [0, 0.1) is 17.3 Å². The van der Waals surface area contributed by atoms with Gasteiger partial charge in [0.2, 0.25) is 11.8 Å². The zero-order valence-corrected chi connectivity index (χ0v) is 19.9. The molecule has 1 aliphatic rings. The summed E-state index contributed by atoms with van der Waals surface area (Å²) in [7, 11) is 1.67. The third-order valence-electron chi connectivity index (χ3n) is 6.49. The first kappa shape index (κ1) is 25.2. The average molecular weight is 526 g/mol. The summed E-state index contributed by atoms with van der Waals surface area (Å²) in [5.74, 6) is -1.77. The Labute approximate surface area is 213 Å². The molecule has 0 spiro atoms. The van der Waals surface area contributed by atoms with E-state index in [0.29, 0.717) is 22.4 Å². The Morgan fingerprint density at radius 2 is 1.66 bits per heavy atom. The summed E-state index contributed by atoms with van der Waals surface area (Å²) in [5, 5.41) is 17.7. The predicted octanol–water partition coefficient (Wildman–Crippen LogP) is 4.83. The van der Waals surface area contributed by atoms with Gasteiger partial charge in [-0.25, -0.2) is 19.3 Å². The molecule has 0 saturated carbocycles. The van der Waals surface area contributed by atoms with E-state index < -0.39 is 23.6 Å². The van der Waals surface area contributed by atoms with Crippen LogP contribution in [0.25, 0.3) is 22.3 Å². The number of halogens is 5. The van der Waals surface area contributed by atoms with Gasteiger partial charge in [0.1, 0.15) is 12.4 Å². The second-order valence-electron chi connectivity index (χ2n) is 8.91. The standard InChI is InChI=1S/C25H19F5N8/c1-37-14-35-36-23(37)24(27)4-6-38(7-5-24)21-17(10-31)8-16(9-19(21)15-2-3-20(26)32-11-15)18-12-33-22(34-13-18)25(28,29)30/h2-3,8-9,11-14H,4-7H2,1H3. The molecule has 1 aromatic carbocycles. The highest BCUT2D eigenvalue weighted by atomic mass is 19.4. The molecule has 5 rings (SSSR count). The van der Waals surface area contributed by atoms with Crippen LogP contribution >= 0.6 is 0 Å². The van der Waals surface area contributed by atoms with Gasteiger partial charge in [-0.2, -0.15) is 22.8 Å². The van der Waals surface area contributed by atoms with Crippen LogP contribution in [0.15, 0.2) is 49.2 Å². The fourth-order valence-corrected chi connectivity index (χ4v) is 4.60. The zero-order chi connectivity index (χ0) is 27.1. The molecular weight excluding hydrogens is 507 g/mol. The van der Waals surface area contributed by atoms with Gasteiger partial charge in [-0.1, -0.05) is 0 Å². The zero-order valence-electron chi connectivity index (χ0n) is 19.9. The molecule has 4 aromatic rings. The number of alkyl halides is 4. The Kier molecular flexibility index (Phi) is 6.26. The lowest BCUT2D eigenvalue weighted by atomic mass is 9.89. The van der Waals surface area contributed by atoms with Crippen molar-refractivity contribution >= 4 is 5.69 Å². The number of nitrogens with zero attached hydrogens (tertiary/aromatic N) is 8. The van der Waals surface area contributed by atoms with Crippen molar-refractivity contribution in [1.29, 1.82) is 5.26 Å². The molecular formula is C25H19F5N8. The second kappa shape index (κ2) is 9.44. The molecule has 1 aliphatic heterocycles. The van der Waals surface area contributed by atoms with Crippen molar-refractivity contribution in [2.24, 2.45) is 7.05 Å². The number of hydrogen-bond donors (Lipinski definition) is 0. The number of aryl methyl sites for hydroxylation is 1. The summed E-state index contributed by atoms with van der Waals surface area (Å²) < 4.78 is 69.7. The molecule has 1 fully saturated rings. The first-order chi connectivity index (χ1) is 18.1. The van der Waals surface area contributed by atoms with E-state index in [0.717, 1.165) is 18.5 Å². The van der Waals surface area contributed by atoms with Crippen LogP contribution in [0.5, 0.6) is 0 Å². The van der Waals surface area contributed by atoms with Gasteiger partial charge < -0.3 is 9.47 Å². The Morgan fingerprint density at radius 3 is 2.21 bits per heavy atom. The maximum absolute atomic E-state index is 15.8. The van der Waals surface area contributed by atoms with Crippen molar-refractivity contribution in [2.75, 3.05) is 18.0 Å². The van der Waals surface area contributed by atoms with Gasteiger partial charge in [0.25, 0.3) is 0 Å². The minimum atomic E-state index is -4.70. The molecule has 0 bridgehead atoms. The van der Waals surface area contributed by atoms with Crippen LogP contribution in [0.1, 0.15) is 30.1 Å². The third kappa shape index (κ3) is 4.65. The number of aromatic nitrogens is 6. The Hall–Kier alpha value is -4.47. The highest BCUT2D eigenvalue weighted by Gasteiger charge is 2.41. The first-order valence-corrected chi connectivity index (χ1v) is 11.5. The van der Waals surface area contributed by atoms with E-state index in [9.17, 15) is 22.8 Å². The number of benzene rings is 1. The molecule has 8 nitrogen and oxygen atoms in total. The SMILES string of the molecule is Cn1cnnc1C1(F)CCN(c2c(C#N)cc(-c3cnc(C(F)(F)F)nc3)cc2-c2ccc(F)nc2)CC1. The number of nitriles is 1. The third-order valence-corrected chi connectivity index (χ3v) is 6.49. The van der Waals surface area contributed by atoms with Crippen LogP contribution in [-0.4, -0.2) is 42.8 Å². The number of piperidine rings is 1. The van der Waals surface area contributed by atoms with Crippen molar-refractivity contribution in [1.82, 2.24) is 29.7 Å². The van der Waals surface area contributed by atoms with Crippen molar-refractivity contribution < 1.29 is 22.0 Å². The Bertz CT molecular complexity index is 1500. The summed E-state index contributed by atoms with van der Waals surface area (Å²) in [5.41, 5.74) is 0.568. The highest BCUT2D eigenvalue weighted by molar-refractivity contribution is 5.87. The fourth-order valence-electron chi connectivity index (χ4n) is 4.60. The van der Waals surface area contributed by atoms with Gasteiger partial charge in [-0.15, -0.1) is 10.2 Å².